The summed E-state index contributed by atoms with van der Waals surface area (Å²) in [7, 11) is 0. The van der Waals surface area contributed by atoms with E-state index in [2.05, 4.69) is 0 Å². The highest BCUT2D eigenvalue weighted by molar-refractivity contribution is 5.87. The molecule has 4 aliphatic rings. The molecule has 16 atom stereocenters. The van der Waals surface area contributed by atoms with Gasteiger partial charge in [0.2, 0.25) is 12.6 Å². The first-order valence-electron chi connectivity index (χ1n) is 19.8. The van der Waals surface area contributed by atoms with Crippen molar-refractivity contribution >= 4 is 18.1 Å². The van der Waals surface area contributed by atoms with Crippen LogP contribution in [-0.2, 0) is 33.2 Å². The molecular formula is C42H48O22. The Bertz CT molecular complexity index is 2160. The molecule has 4 aliphatic heterocycles. The molecule has 0 bridgehead atoms. The first kappa shape index (κ1) is 46.7. The molecule has 0 saturated carbocycles. The van der Waals surface area contributed by atoms with Gasteiger partial charge in [0.05, 0.1) is 18.3 Å². The number of ether oxygens (including phenoxy) is 8. The zero-order valence-electron chi connectivity index (χ0n) is 33.6. The van der Waals surface area contributed by atoms with Crippen LogP contribution in [0.5, 0.6) is 34.5 Å². The van der Waals surface area contributed by atoms with Crippen LogP contribution in [0.15, 0.2) is 66.4 Å². The third-order valence-electron chi connectivity index (χ3n) is 10.9. The Balaban J connectivity index is 1.13. The van der Waals surface area contributed by atoms with Crippen LogP contribution in [0.2, 0.25) is 0 Å². The van der Waals surface area contributed by atoms with Crippen molar-refractivity contribution in [3.8, 4) is 34.5 Å². The first-order chi connectivity index (χ1) is 30.4. The van der Waals surface area contributed by atoms with E-state index in [0.29, 0.717) is 5.56 Å². The average Bonchev–Trinajstić information content (AvgIpc) is 3.27. The van der Waals surface area contributed by atoms with Crippen LogP contribution in [0, 0.1) is 0 Å². The number of aliphatic hydroxyl groups excluding tert-OH is 9. The molecule has 0 aliphatic carbocycles. The highest BCUT2D eigenvalue weighted by Crippen LogP contribution is 2.46. The summed E-state index contributed by atoms with van der Waals surface area (Å²) in [5, 5.41) is 136. The highest BCUT2D eigenvalue weighted by Gasteiger charge is 2.49. The number of esters is 1. The van der Waals surface area contributed by atoms with E-state index in [1.807, 2.05) is 0 Å². The molecule has 16 unspecified atom stereocenters. The van der Waals surface area contributed by atoms with Crippen molar-refractivity contribution in [3.05, 3.63) is 83.1 Å². The number of carbonyl (C=O) groups excluding carboxylic acids is 1. The van der Waals surface area contributed by atoms with Gasteiger partial charge in [-0.3, -0.25) is 0 Å². The van der Waals surface area contributed by atoms with Gasteiger partial charge in [0, 0.05) is 23.8 Å². The third-order valence-corrected chi connectivity index (χ3v) is 10.9. The Labute approximate surface area is 362 Å². The van der Waals surface area contributed by atoms with Gasteiger partial charge in [0.25, 0.3) is 0 Å². The highest BCUT2D eigenvalue weighted by atomic mass is 16.7. The molecule has 4 heterocycles. The zero-order chi connectivity index (χ0) is 46.1. The third kappa shape index (κ3) is 9.99. The van der Waals surface area contributed by atoms with Gasteiger partial charge in [-0.15, -0.1) is 0 Å². The number of benzene rings is 3. The number of phenolic OH excluding ortho intramolecular Hbond substituents is 4. The van der Waals surface area contributed by atoms with Gasteiger partial charge >= 0.3 is 5.97 Å². The van der Waals surface area contributed by atoms with Crippen molar-refractivity contribution in [2.45, 2.75) is 105 Å². The molecule has 0 amide bonds. The van der Waals surface area contributed by atoms with Gasteiger partial charge < -0.3 is 104 Å². The lowest BCUT2D eigenvalue weighted by Crippen LogP contribution is -2.61. The Morgan fingerprint density at radius 1 is 0.625 bits per heavy atom. The van der Waals surface area contributed by atoms with Gasteiger partial charge in [-0.2, -0.15) is 0 Å². The number of carbonyl (C=O) groups is 1. The number of fused-ring (bicyclic) bond motifs is 1. The van der Waals surface area contributed by atoms with Crippen molar-refractivity contribution in [1.82, 2.24) is 0 Å². The predicted octanol–water partition coefficient (Wildman–Crippen LogP) is -1.91. The fraction of sp³-hybridized carbons (Fsp3) is 0.452. The summed E-state index contributed by atoms with van der Waals surface area (Å²) >= 11 is 0. The second kappa shape index (κ2) is 19.4. The average molecular weight is 905 g/mol. The molecule has 22 heteroatoms. The summed E-state index contributed by atoms with van der Waals surface area (Å²) in [4.78, 5) is 12.5. The van der Waals surface area contributed by atoms with Gasteiger partial charge in [0.1, 0.15) is 103 Å². The number of aliphatic hydroxyl groups is 9. The molecular weight excluding hydrogens is 856 g/mol. The van der Waals surface area contributed by atoms with E-state index < -0.39 is 135 Å². The number of hydrogen-bond acceptors (Lipinski definition) is 22. The molecule has 22 nitrogen and oxygen atoms in total. The van der Waals surface area contributed by atoms with Crippen LogP contribution in [-0.4, -0.2) is 178 Å². The number of phenols is 4. The molecule has 0 aromatic heterocycles. The summed E-state index contributed by atoms with van der Waals surface area (Å²) < 4.78 is 46.0. The second-order valence-electron chi connectivity index (χ2n) is 15.5. The number of aromatic hydroxyl groups is 4. The molecule has 3 aromatic carbocycles. The summed E-state index contributed by atoms with van der Waals surface area (Å²) in [5.74, 6) is -3.02. The maximum Gasteiger partial charge on any atom is 0.330 e. The standard InChI is InChI=1S/C42H48O22/c1-16-30(48)33(51)36(54)40(59-16)58-15-28-32(50)35(53)38(56)42(64-28)62-26-13-21-24(60-39(26)18-5-8-22(45)23(46)10-18)11-20(44)12-25(21)61-41-37(55)34(52)31(49)27(63-41)14-57-29(47)9-4-17-2-6-19(43)7-3-17/h2-13,16,27-28,30-46,48-56H,14-15H2,1H3. The van der Waals surface area contributed by atoms with Crippen molar-refractivity contribution in [1.29, 1.82) is 0 Å². The minimum Gasteiger partial charge on any atom is -0.508 e. The molecule has 3 aromatic rings. The van der Waals surface area contributed by atoms with E-state index in [1.54, 1.807) is 12.1 Å². The van der Waals surface area contributed by atoms with Crippen molar-refractivity contribution in [3.63, 3.8) is 0 Å². The fourth-order valence-electron chi connectivity index (χ4n) is 7.22. The van der Waals surface area contributed by atoms with Crippen LogP contribution < -0.4 is 9.47 Å². The summed E-state index contributed by atoms with van der Waals surface area (Å²) in [6.45, 7) is 0.176. The molecule has 0 radical (unpaired) electrons. The van der Waals surface area contributed by atoms with E-state index >= 15 is 0 Å². The lowest BCUT2D eigenvalue weighted by molar-refractivity contribution is -0.324. The zero-order valence-corrected chi connectivity index (χ0v) is 33.6. The lowest BCUT2D eigenvalue weighted by Gasteiger charge is -2.43. The van der Waals surface area contributed by atoms with Crippen molar-refractivity contribution in [2.24, 2.45) is 0 Å². The smallest absolute Gasteiger partial charge is 0.330 e. The summed E-state index contributed by atoms with van der Waals surface area (Å²) in [5.41, 5.74) is 0.652. The minimum absolute atomic E-state index is 0.0200. The summed E-state index contributed by atoms with van der Waals surface area (Å²) in [6, 6.07) is 11.7. The van der Waals surface area contributed by atoms with Crippen molar-refractivity contribution < 1.29 is 109 Å². The quantitative estimate of drug-likeness (QED) is 0.0536. The topological polar surface area (TPSA) is 354 Å². The molecule has 64 heavy (non-hydrogen) atoms. The fourth-order valence-corrected chi connectivity index (χ4v) is 7.22. The normalized spacial score (nSPS) is 35.2. The monoisotopic (exact) mass is 904 g/mol. The van der Waals surface area contributed by atoms with E-state index in [1.165, 1.54) is 37.3 Å². The lowest BCUT2D eigenvalue weighted by atomic mass is 9.98. The first-order valence-corrected chi connectivity index (χ1v) is 19.8. The number of rotatable bonds is 12. The number of hydrogen-bond donors (Lipinski definition) is 13. The van der Waals surface area contributed by atoms with Gasteiger partial charge in [-0.05, 0) is 48.9 Å². The van der Waals surface area contributed by atoms with Crippen LogP contribution in [0.4, 0.5) is 0 Å². The Morgan fingerprint density at radius 2 is 1.23 bits per heavy atom. The maximum absolute atomic E-state index is 12.5. The van der Waals surface area contributed by atoms with Crippen molar-refractivity contribution in [2.75, 3.05) is 13.2 Å². The SMILES string of the molecule is CC1OC(OCC2OC(OC3=Cc4c(cc(O)cc4OC4OC(COC(=O)C=Cc5ccc(O)cc5)C(O)C(O)C4O)OC3c3ccc(O)c(O)c3)C(O)C(O)C2O)C(O)C(O)C1O. The van der Waals surface area contributed by atoms with Gasteiger partial charge in [-0.1, -0.05) is 18.2 Å². The maximum atomic E-state index is 12.5. The van der Waals surface area contributed by atoms with Crippen LogP contribution in [0.3, 0.4) is 0 Å². The summed E-state index contributed by atoms with van der Waals surface area (Å²) in [6.07, 6.45) is -22.8. The Kier molecular flexibility index (Phi) is 14.2. The van der Waals surface area contributed by atoms with Gasteiger partial charge in [-0.25, -0.2) is 4.79 Å². The minimum atomic E-state index is -1.96. The molecule has 3 saturated heterocycles. The Hall–Kier alpha value is -5.31. The van der Waals surface area contributed by atoms with Crippen LogP contribution in [0.1, 0.15) is 29.7 Å². The molecule has 348 valence electrons. The van der Waals surface area contributed by atoms with E-state index in [4.69, 9.17) is 37.9 Å². The predicted molar refractivity (Wildman–Crippen MR) is 211 cm³/mol. The largest absolute Gasteiger partial charge is 0.508 e. The molecule has 0 spiro atoms. The Morgan fingerprint density at radius 3 is 1.89 bits per heavy atom. The van der Waals surface area contributed by atoms with Crippen LogP contribution in [0.25, 0.3) is 12.2 Å². The van der Waals surface area contributed by atoms with Crippen LogP contribution >= 0.6 is 0 Å². The molecule has 7 rings (SSSR count). The molecule has 13 N–H and O–H groups in total. The van der Waals surface area contributed by atoms with E-state index in [9.17, 15) is 71.2 Å². The van der Waals surface area contributed by atoms with E-state index in [-0.39, 0.29) is 34.1 Å². The second-order valence-corrected chi connectivity index (χ2v) is 15.5. The van der Waals surface area contributed by atoms with E-state index in [0.717, 1.165) is 30.3 Å². The van der Waals surface area contributed by atoms with Gasteiger partial charge in [0.15, 0.2) is 23.9 Å². The molecule has 3 fully saturated rings.